The third-order valence-electron chi connectivity index (χ3n) is 6.89. The van der Waals surface area contributed by atoms with Gasteiger partial charge in [-0.05, 0) is 30.9 Å². The van der Waals surface area contributed by atoms with Gasteiger partial charge >= 0.3 is 0 Å². The SMILES string of the molecule is CCc1ccccc1C(=O)NC[C@H]1[C@H]2CN(C(CO)CO)C[C@]23CC[C@H]1O3. The first-order valence-electron chi connectivity index (χ1n) is 10.1. The van der Waals surface area contributed by atoms with Crippen LogP contribution in [-0.2, 0) is 11.2 Å². The molecule has 4 rings (SSSR count). The van der Waals surface area contributed by atoms with E-state index in [2.05, 4.69) is 17.1 Å². The Balaban J connectivity index is 1.43. The van der Waals surface area contributed by atoms with Crippen molar-refractivity contribution in [3.05, 3.63) is 35.4 Å². The average Bonchev–Trinajstić information content (AvgIpc) is 3.35. The molecule has 0 saturated carbocycles. The van der Waals surface area contributed by atoms with Gasteiger partial charge in [-0.2, -0.15) is 0 Å². The number of carbonyl (C=O) groups is 1. The molecule has 0 unspecified atom stereocenters. The van der Waals surface area contributed by atoms with Gasteiger partial charge in [0.1, 0.15) is 0 Å². The second-order valence-electron chi connectivity index (χ2n) is 8.20. The summed E-state index contributed by atoms with van der Waals surface area (Å²) in [4.78, 5) is 14.9. The van der Waals surface area contributed by atoms with E-state index in [1.165, 1.54) is 0 Å². The van der Waals surface area contributed by atoms with Crippen molar-refractivity contribution in [2.75, 3.05) is 32.8 Å². The number of hydrogen-bond acceptors (Lipinski definition) is 5. The Bertz CT molecular complexity index is 693. The van der Waals surface area contributed by atoms with Gasteiger partial charge in [0.2, 0.25) is 0 Å². The molecule has 3 saturated heterocycles. The highest BCUT2D eigenvalue weighted by Gasteiger charge is 2.63. The number of ether oxygens (including phenoxy) is 1. The molecule has 0 radical (unpaired) electrons. The first kappa shape index (κ1) is 18.9. The molecule has 0 aliphatic carbocycles. The molecular formula is C21H30N2O4. The maximum atomic E-state index is 12.7. The number of nitrogens with one attached hydrogen (secondary N) is 1. The number of fused-ring (bicyclic) bond motifs is 1. The first-order chi connectivity index (χ1) is 13.1. The van der Waals surface area contributed by atoms with Gasteiger partial charge in [0.05, 0.1) is 31.0 Å². The van der Waals surface area contributed by atoms with Gasteiger partial charge in [0.25, 0.3) is 5.91 Å². The lowest BCUT2D eigenvalue weighted by atomic mass is 9.73. The largest absolute Gasteiger partial charge is 0.395 e. The number of benzene rings is 1. The molecule has 1 spiro atoms. The van der Waals surface area contributed by atoms with E-state index in [0.29, 0.717) is 18.4 Å². The zero-order valence-corrected chi connectivity index (χ0v) is 15.9. The predicted octanol–water partition coefficient (Wildman–Crippen LogP) is 0.811. The molecule has 0 aromatic heterocycles. The van der Waals surface area contributed by atoms with Gasteiger partial charge in [0, 0.05) is 37.0 Å². The molecule has 3 heterocycles. The van der Waals surface area contributed by atoms with E-state index in [1.54, 1.807) is 0 Å². The van der Waals surface area contributed by atoms with Crippen LogP contribution in [0.1, 0.15) is 35.7 Å². The summed E-state index contributed by atoms with van der Waals surface area (Å²) in [6.07, 6.45) is 3.11. The van der Waals surface area contributed by atoms with E-state index >= 15 is 0 Å². The number of nitrogens with zero attached hydrogens (tertiary/aromatic N) is 1. The molecule has 4 atom stereocenters. The van der Waals surface area contributed by atoms with E-state index in [0.717, 1.165) is 43.5 Å². The lowest BCUT2D eigenvalue weighted by Gasteiger charge is -2.29. The highest BCUT2D eigenvalue weighted by molar-refractivity contribution is 5.95. The Morgan fingerprint density at radius 2 is 2.15 bits per heavy atom. The monoisotopic (exact) mass is 374 g/mol. The summed E-state index contributed by atoms with van der Waals surface area (Å²) in [5, 5.41) is 22.2. The second kappa shape index (κ2) is 7.51. The number of aliphatic hydroxyl groups excluding tert-OH is 2. The minimum absolute atomic E-state index is 0.0114. The van der Waals surface area contributed by atoms with Crippen molar-refractivity contribution in [1.29, 1.82) is 0 Å². The van der Waals surface area contributed by atoms with Crippen molar-refractivity contribution in [2.45, 2.75) is 43.9 Å². The summed E-state index contributed by atoms with van der Waals surface area (Å²) in [6, 6.07) is 7.54. The summed E-state index contributed by atoms with van der Waals surface area (Å²) < 4.78 is 6.39. The van der Waals surface area contributed by atoms with Crippen LogP contribution in [0.25, 0.3) is 0 Å². The Morgan fingerprint density at radius 1 is 1.37 bits per heavy atom. The normalized spacial score (nSPS) is 32.2. The Morgan fingerprint density at radius 3 is 2.89 bits per heavy atom. The quantitative estimate of drug-likeness (QED) is 0.658. The average molecular weight is 374 g/mol. The molecule has 3 aliphatic rings. The van der Waals surface area contributed by atoms with Crippen molar-refractivity contribution in [3.8, 4) is 0 Å². The Hall–Kier alpha value is -1.47. The van der Waals surface area contributed by atoms with Crippen molar-refractivity contribution in [3.63, 3.8) is 0 Å². The molecular weight excluding hydrogens is 344 g/mol. The van der Waals surface area contributed by atoms with Gasteiger partial charge < -0.3 is 20.3 Å². The van der Waals surface area contributed by atoms with E-state index < -0.39 is 0 Å². The summed E-state index contributed by atoms with van der Waals surface area (Å²) in [5.74, 6) is 0.626. The Labute approximate surface area is 160 Å². The summed E-state index contributed by atoms with van der Waals surface area (Å²) in [7, 11) is 0. The van der Waals surface area contributed by atoms with Crippen LogP contribution in [0.2, 0.25) is 0 Å². The van der Waals surface area contributed by atoms with Gasteiger partial charge in [-0.1, -0.05) is 25.1 Å². The fraction of sp³-hybridized carbons (Fsp3) is 0.667. The van der Waals surface area contributed by atoms with E-state index in [-0.39, 0.29) is 36.9 Å². The zero-order chi connectivity index (χ0) is 19.0. The molecule has 6 heteroatoms. The highest BCUT2D eigenvalue weighted by Crippen LogP contribution is 2.54. The molecule has 148 valence electrons. The van der Waals surface area contributed by atoms with Crippen LogP contribution in [0.4, 0.5) is 0 Å². The lowest BCUT2D eigenvalue weighted by molar-refractivity contribution is -0.00834. The van der Waals surface area contributed by atoms with Crippen LogP contribution >= 0.6 is 0 Å². The molecule has 3 N–H and O–H groups in total. The maximum absolute atomic E-state index is 12.7. The standard InChI is InChI=1S/C21H30N2O4/c1-2-14-5-3-4-6-16(14)20(26)22-9-17-18-10-23(15(11-24)12-25)13-21(18)8-7-19(17)27-21/h3-6,15,17-19,24-25H,2,7-13H2,1H3,(H,22,26)/t17-,18+,19+,21+/m0/s1. The predicted molar refractivity (Wildman–Crippen MR) is 102 cm³/mol. The zero-order valence-electron chi connectivity index (χ0n) is 15.9. The second-order valence-corrected chi connectivity index (χ2v) is 8.20. The topological polar surface area (TPSA) is 82.0 Å². The molecule has 6 nitrogen and oxygen atoms in total. The first-order valence-corrected chi connectivity index (χ1v) is 10.1. The van der Waals surface area contributed by atoms with Crippen molar-refractivity contribution in [2.24, 2.45) is 11.8 Å². The highest BCUT2D eigenvalue weighted by atomic mass is 16.5. The molecule has 1 amide bonds. The number of hydrogen-bond donors (Lipinski definition) is 3. The van der Waals surface area contributed by atoms with Crippen LogP contribution in [0, 0.1) is 11.8 Å². The van der Waals surface area contributed by atoms with Crippen molar-refractivity contribution < 1.29 is 19.7 Å². The number of amides is 1. The number of aryl methyl sites for hydroxylation is 1. The van der Waals surface area contributed by atoms with Crippen LogP contribution in [0.5, 0.6) is 0 Å². The van der Waals surface area contributed by atoms with Gasteiger partial charge in [-0.15, -0.1) is 0 Å². The molecule has 2 bridgehead atoms. The van der Waals surface area contributed by atoms with Gasteiger partial charge in [-0.3, -0.25) is 9.69 Å². The van der Waals surface area contributed by atoms with Crippen LogP contribution in [0.3, 0.4) is 0 Å². The Kier molecular flexibility index (Phi) is 5.25. The molecule has 3 fully saturated rings. The van der Waals surface area contributed by atoms with Gasteiger partial charge in [-0.25, -0.2) is 0 Å². The summed E-state index contributed by atoms with van der Waals surface area (Å²) >= 11 is 0. The number of rotatable bonds is 7. The van der Waals surface area contributed by atoms with E-state index in [1.807, 2.05) is 24.3 Å². The molecule has 1 aromatic carbocycles. The number of likely N-dealkylation sites (tertiary alicyclic amines) is 1. The molecule has 1 aromatic rings. The fourth-order valence-corrected chi connectivity index (χ4v) is 5.42. The lowest BCUT2D eigenvalue weighted by Crippen LogP contribution is -2.42. The third kappa shape index (κ3) is 3.18. The minimum Gasteiger partial charge on any atom is -0.395 e. The molecule has 3 aliphatic heterocycles. The third-order valence-corrected chi connectivity index (χ3v) is 6.89. The smallest absolute Gasteiger partial charge is 0.251 e. The van der Waals surface area contributed by atoms with Crippen LogP contribution < -0.4 is 5.32 Å². The van der Waals surface area contributed by atoms with Crippen LogP contribution in [0.15, 0.2) is 24.3 Å². The minimum atomic E-state index is -0.223. The van der Waals surface area contributed by atoms with E-state index in [4.69, 9.17) is 4.74 Å². The summed E-state index contributed by atoms with van der Waals surface area (Å²) in [5.41, 5.74) is 1.66. The summed E-state index contributed by atoms with van der Waals surface area (Å²) in [6.45, 7) is 4.17. The fourth-order valence-electron chi connectivity index (χ4n) is 5.42. The number of carbonyl (C=O) groups excluding carboxylic acids is 1. The van der Waals surface area contributed by atoms with E-state index in [9.17, 15) is 15.0 Å². The maximum Gasteiger partial charge on any atom is 0.251 e. The van der Waals surface area contributed by atoms with Crippen LogP contribution in [-0.4, -0.2) is 71.6 Å². The van der Waals surface area contributed by atoms with Crippen molar-refractivity contribution >= 4 is 5.91 Å². The number of aliphatic hydroxyl groups is 2. The van der Waals surface area contributed by atoms with Crippen molar-refractivity contribution in [1.82, 2.24) is 10.2 Å². The van der Waals surface area contributed by atoms with Gasteiger partial charge in [0.15, 0.2) is 0 Å². The molecule has 27 heavy (non-hydrogen) atoms.